The third-order valence-electron chi connectivity index (χ3n) is 2.01. The van der Waals surface area contributed by atoms with E-state index in [2.05, 4.69) is 9.68 Å². The van der Waals surface area contributed by atoms with Crippen molar-refractivity contribution in [1.82, 2.24) is 5.16 Å². The Hall–Kier alpha value is -1.85. The lowest BCUT2D eigenvalue weighted by Gasteiger charge is -2.08. The zero-order valence-corrected chi connectivity index (χ0v) is 7.75. The average Bonchev–Trinajstić information content (AvgIpc) is 2.68. The minimum Gasteiger partial charge on any atom is -0.364 e. The van der Waals surface area contributed by atoms with Gasteiger partial charge in [0.15, 0.2) is 0 Å². The third-order valence-corrected chi connectivity index (χ3v) is 2.01. The lowest BCUT2D eigenvalue weighted by Crippen LogP contribution is -2.07. The van der Waals surface area contributed by atoms with E-state index in [1.54, 1.807) is 0 Å². The summed E-state index contributed by atoms with van der Waals surface area (Å²) in [5.74, 6) is -1.33. The molecule has 0 spiro atoms. The Morgan fingerprint density at radius 3 is 2.38 bits per heavy atom. The van der Waals surface area contributed by atoms with Crippen molar-refractivity contribution in [3.05, 3.63) is 41.9 Å². The predicted molar refractivity (Wildman–Crippen MR) is 46.9 cm³/mol. The first-order valence-electron chi connectivity index (χ1n) is 4.26. The smallest absolute Gasteiger partial charge is 0.364 e. The molecule has 6 heteroatoms. The van der Waals surface area contributed by atoms with Gasteiger partial charge in [0.1, 0.15) is 17.8 Å². The van der Waals surface area contributed by atoms with Crippen molar-refractivity contribution >= 4 is 0 Å². The second-order valence-electron chi connectivity index (χ2n) is 3.08. The van der Waals surface area contributed by atoms with Gasteiger partial charge in [0.25, 0.3) is 0 Å². The third kappa shape index (κ3) is 1.91. The van der Waals surface area contributed by atoms with Crippen LogP contribution in [0.3, 0.4) is 0 Å². The Morgan fingerprint density at radius 1 is 1.12 bits per heavy atom. The Morgan fingerprint density at radius 2 is 1.88 bits per heavy atom. The molecule has 0 unspecified atom stereocenters. The summed E-state index contributed by atoms with van der Waals surface area (Å²) in [5, 5.41) is 3.50. The second kappa shape index (κ2) is 3.62. The van der Waals surface area contributed by atoms with Gasteiger partial charge in [-0.1, -0.05) is 11.2 Å². The van der Waals surface area contributed by atoms with Gasteiger partial charge >= 0.3 is 6.18 Å². The summed E-state index contributed by atoms with van der Waals surface area (Å²) in [7, 11) is 0. The summed E-state index contributed by atoms with van der Waals surface area (Å²) in [6.45, 7) is 0. The van der Waals surface area contributed by atoms with Gasteiger partial charge < -0.3 is 4.52 Å². The van der Waals surface area contributed by atoms with Crippen LogP contribution in [0.15, 0.2) is 35.1 Å². The molecule has 0 atom stereocenters. The number of nitrogens with zero attached hydrogens (tertiary/aromatic N) is 1. The molecule has 0 fully saturated rings. The molecule has 2 rings (SSSR count). The molecule has 16 heavy (non-hydrogen) atoms. The number of rotatable bonds is 1. The summed E-state index contributed by atoms with van der Waals surface area (Å²) >= 11 is 0. The largest absolute Gasteiger partial charge is 0.419 e. The van der Waals surface area contributed by atoms with E-state index >= 15 is 0 Å². The fourth-order valence-electron chi connectivity index (χ4n) is 1.27. The molecule has 0 aliphatic carbocycles. The number of alkyl halides is 3. The highest BCUT2D eigenvalue weighted by atomic mass is 19.4. The van der Waals surface area contributed by atoms with Crippen LogP contribution in [-0.2, 0) is 6.18 Å². The number of hydrogen-bond acceptors (Lipinski definition) is 2. The lowest BCUT2D eigenvalue weighted by atomic mass is 10.1. The summed E-state index contributed by atoms with van der Waals surface area (Å²) in [5.41, 5.74) is -0.772. The van der Waals surface area contributed by atoms with Gasteiger partial charge in [0.2, 0.25) is 0 Å². The topological polar surface area (TPSA) is 26.0 Å². The van der Waals surface area contributed by atoms with Crippen LogP contribution in [0.25, 0.3) is 11.3 Å². The van der Waals surface area contributed by atoms with Gasteiger partial charge in [0, 0.05) is 11.6 Å². The number of benzene rings is 1. The second-order valence-corrected chi connectivity index (χ2v) is 3.08. The quantitative estimate of drug-likeness (QED) is 0.702. The fourth-order valence-corrected chi connectivity index (χ4v) is 1.27. The first-order valence-corrected chi connectivity index (χ1v) is 4.26. The molecule has 0 amide bonds. The molecule has 0 radical (unpaired) electrons. The summed E-state index contributed by atoms with van der Waals surface area (Å²) < 4.78 is 54.4. The van der Waals surface area contributed by atoms with E-state index in [4.69, 9.17) is 0 Å². The number of halogens is 4. The first-order chi connectivity index (χ1) is 7.48. The maximum atomic E-state index is 13.2. The highest BCUT2D eigenvalue weighted by molar-refractivity contribution is 5.58. The van der Waals surface area contributed by atoms with Crippen molar-refractivity contribution in [1.29, 1.82) is 0 Å². The zero-order chi connectivity index (χ0) is 11.8. The van der Waals surface area contributed by atoms with Crippen LogP contribution in [0.1, 0.15) is 5.56 Å². The maximum Gasteiger partial charge on any atom is 0.419 e. The molecule has 1 heterocycles. The first kappa shape index (κ1) is 10.7. The molecule has 0 saturated carbocycles. The van der Waals surface area contributed by atoms with E-state index in [9.17, 15) is 17.6 Å². The van der Waals surface area contributed by atoms with Crippen molar-refractivity contribution in [2.75, 3.05) is 0 Å². The van der Waals surface area contributed by atoms with E-state index in [1.165, 1.54) is 12.3 Å². The van der Waals surface area contributed by atoms with E-state index in [0.717, 1.165) is 12.1 Å². The Labute approximate surface area is 87.5 Å². The van der Waals surface area contributed by atoms with E-state index in [1.807, 2.05) is 0 Å². The minimum atomic E-state index is -4.69. The van der Waals surface area contributed by atoms with Crippen LogP contribution in [-0.4, -0.2) is 5.16 Å². The summed E-state index contributed by atoms with van der Waals surface area (Å²) in [4.78, 5) is 0. The van der Waals surface area contributed by atoms with Crippen LogP contribution >= 0.6 is 0 Å². The fraction of sp³-hybridized carbons (Fsp3) is 0.100. The molecule has 2 nitrogen and oxygen atoms in total. The van der Waals surface area contributed by atoms with Crippen LogP contribution < -0.4 is 0 Å². The monoisotopic (exact) mass is 231 g/mol. The Kier molecular flexibility index (Phi) is 2.41. The van der Waals surface area contributed by atoms with Crippen LogP contribution in [0.5, 0.6) is 0 Å². The molecule has 0 aliphatic heterocycles. The molecule has 2 aromatic rings. The predicted octanol–water partition coefficient (Wildman–Crippen LogP) is 3.50. The lowest BCUT2D eigenvalue weighted by molar-refractivity contribution is -0.139. The number of aromatic nitrogens is 1. The molecule has 1 aromatic heterocycles. The van der Waals surface area contributed by atoms with Gasteiger partial charge in [-0.3, -0.25) is 0 Å². The van der Waals surface area contributed by atoms with Gasteiger partial charge in [0.05, 0.1) is 5.56 Å². The van der Waals surface area contributed by atoms with E-state index in [0.29, 0.717) is 6.07 Å². The van der Waals surface area contributed by atoms with Crippen LogP contribution in [0.4, 0.5) is 17.6 Å². The normalized spacial score (nSPS) is 11.8. The average molecular weight is 231 g/mol. The van der Waals surface area contributed by atoms with Gasteiger partial charge in [-0.05, 0) is 12.1 Å². The van der Waals surface area contributed by atoms with Crippen molar-refractivity contribution in [2.45, 2.75) is 6.18 Å². The zero-order valence-electron chi connectivity index (χ0n) is 7.75. The number of hydrogen-bond donors (Lipinski definition) is 0. The molecule has 0 N–H and O–H groups in total. The van der Waals surface area contributed by atoms with Crippen molar-refractivity contribution < 1.29 is 22.1 Å². The van der Waals surface area contributed by atoms with Crippen molar-refractivity contribution in [3.8, 4) is 11.3 Å². The van der Waals surface area contributed by atoms with Gasteiger partial charge in [-0.25, -0.2) is 4.39 Å². The van der Waals surface area contributed by atoms with Crippen LogP contribution in [0, 0.1) is 5.82 Å². The van der Waals surface area contributed by atoms with Crippen LogP contribution in [0.2, 0.25) is 0 Å². The van der Waals surface area contributed by atoms with E-state index < -0.39 is 17.6 Å². The van der Waals surface area contributed by atoms with Crippen molar-refractivity contribution in [3.63, 3.8) is 0 Å². The van der Waals surface area contributed by atoms with Crippen molar-refractivity contribution in [2.24, 2.45) is 0 Å². The Bertz CT molecular complexity index is 490. The molecule has 0 aliphatic rings. The molecule has 0 bridgehead atoms. The highest BCUT2D eigenvalue weighted by Gasteiger charge is 2.33. The highest BCUT2D eigenvalue weighted by Crippen LogP contribution is 2.33. The SMILES string of the molecule is Fc1cc(-c2ccon2)ccc1C(F)(F)F. The van der Waals surface area contributed by atoms with Gasteiger partial charge in [-0.2, -0.15) is 13.2 Å². The molecular weight excluding hydrogens is 226 g/mol. The summed E-state index contributed by atoms with van der Waals surface area (Å²) in [6.07, 6.45) is -3.43. The minimum absolute atomic E-state index is 0.235. The van der Waals surface area contributed by atoms with E-state index in [-0.39, 0.29) is 11.3 Å². The maximum absolute atomic E-state index is 13.2. The molecule has 84 valence electrons. The molecular formula is C10H5F4NO. The Balaban J connectivity index is 2.45. The molecule has 0 saturated heterocycles. The summed E-state index contributed by atoms with van der Waals surface area (Å²) in [6, 6.07) is 4.03. The van der Waals surface area contributed by atoms with Gasteiger partial charge in [-0.15, -0.1) is 0 Å². The molecule has 1 aromatic carbocycles. The standard InChI is InChI=1S/C10H5F4NO/c11-8-5-6(9-3-4-16-15-9)1-2-7(8)10(12,13)14/h1-5H.